The normalized spacial score (nSPS) is 11.8. The summed E-state index contributed by atoms with van der Waals surface area (Å²) < 4.78 is 3.92. The fourth-order valence-corrected chi connectivity index (χ4v) is 3.75. The smallest absolute Gasteiger partial charge is 0.298 e. The van der Waals surface area contributed by atoms with Crippen LogP contribution in [0.25, 0.3) is 11.2 Å². The number of rotatable bonds is 5. The molecule has 10 heteroatoms. The van der Waals surface area contributed by atoms with Crippen molar-refractivity contribution in [3.63, 3.8) is 0 Å². The molecule has 4 aromatic rings. The second-order valence-electron chi connectivity index (χ2n) is 6.96. The van der Waals surface area contributed by atoms with Gasteiger partial charge < -0.3 is 0 Å². The number of hydrogen-bond acceptors (Lipinski definition) is 5. The molecule has 4 rings (SSSR count). The highest BCUT2D eigenvalue weighted by Crippen LogP contribution is 2.20. The predicted octanol–water partition coefficient (Wildman–Crippen LogP) is 3.72. The summed E-state index contributed by atoms with van der Waals surface area (Å²) in [6, 6.07) is 15.0. The Kier molecular flexibility index (Phi) is 5.79. The largest absolute Gasteiger partial charge is 0.329 e. The fraction of sp³-hybridized carbons (Fsp3) is 0.143. The molecular formula is C21H18BrClN6O2. The number of aromatic nitrogens is 4. The van der Waals surface area contributed by atoms with E-state index in [4.69, 9.17) is 11.6 Å². The zero-order valence-electron chi connectivity index (χ0n) is 16.7. The van der Waals surface area contributed by atoms with Crippen LogP contribution >= 0.6 is 27.5 Å². The van der Waals surface area contributed by atoms with Crippen molar-refractivity contribution in [2.45, 2.75) is 13.5 Å². The predicted molar refractivity (Wildman–Crippen MR) is 126 cm³/mol. The first-order valence-corrected chi connectivity index (χ1v) is 10.5. The van der Waals surface area contributed by atoms with E-state index in [1.807, 2.05) is 43.3 Å². The number of benzene rings is 2. The van der Waals surface area contributed by atoms with E-state index in [1.54, 1.807) is 23.7 Å². The molecule has 0 saturated heterocycles. The lowest BCUT2D eigenvalue weighted by molar-refractivity contribution is 0.808. The molecule has 0 unspecified atom stereocenters. The standard InChI is InChI=1S/C21H18BrClN6O2/c1-12(14-6-8-16(23)9-7-14)26-27-20-24-18-17(19(30)25-21(31)28(18)2)29(20)11-13-4-3-5-15(22)10-13/h3-10H,11H2,1-2H3,(H,24,27)(H,25,30,31). The van der Waals surface area contributed by atoms with Crippen molar-refractivity contribution in [3.05, 3.63) is 90.0 Å². The van der Waals surface area contributed by atoms with Gasteiger partial charge in [-0.2, -0.15) is 10.1 Å². The van der Waals surface area contributed by atoms with Gasteiger partial charge in [0.2, 0.25) is 5.95 Å². The number of nitrogens with zero attached hydrogens (tertiary/aromatic N) is 4. The Balaban J connectivity index is 1.81. The highest BCUT2D eigenvalue weighted by Gasteiger charge is 2.17. The van der Waals surface area contributed by atoms with E-state index in [0.717, 1.165) is 15.6 Å². The summed E-state index contributed by atoms with van der Waals surface area (Å²) in [5.74, 6) is 0.343. The van der Waals surface area contributed by atoms with E-state index >= 15 is 0 Å². The van der Waals surface area contributed by atoms with Crippen molar-refractivity contribution < 1.29 is 0 Å². The molecule has 2 N–H and O–H groups in total. The Labute approximate surface area is 190 Å². The number of nitrogens with one attached hydrogen (secondary N) is 2. The van der Waals surface area contributed by atoms with Crippen LogP contribution in [0.5, 0.6) is 0 Å². The minimum atomic E-state index is -0.531. The van der Waals surface area contributed by atoms with Crippen LogP contribution in [-0.2, 0) is 13.6 Å². The van der Waals surface area contributed by atoms with Crippen molar-refractivity contribution >= 4 is 50.4 Å². The van der Waals surface area contributed by atoms with E-state index < -0.39 is 11.2 Å². The van der Waals surface area contributed by atoms with Gasteiger partial charge in [0.15, 0.2) is 11.2 Å². The number of hydrogen-bond donors (Lipinski definition) is 2. The molecule has 2 heterocycles. The summed E-state index contributed by atoms with van der Waals surface area (Å²) in [6.07, 6.45) is 0. The van der Waals surface area contributed by atoms with E-state index in [-0.39, 0.29) is 11.2 Å². The summed E-state index contributed by atoms with van der Waals surface area (Å²) in [7, 11) is 1.56. The molecule has 158 valence electrons. The highest BCUT2D eigenvalue weighted by atomic mass is 79.9. The first kappa shape index (κ1) is 21.1. The highest BCUT2D eigenvalue weighted by molar-refractivity contribution is 9.10. The second-order valence-corrected chi connectivity index (χ2v) is 8.31. The maximum atomic E-state index is 12.6. The molecule has 0 bridgehead atoms. The third kappa shape index (κ3) is 4.33. The van der Waals surface area contributed by atoms with Gasteiger partial charge in [-0.05, 0) is 42.3 Å². The molecule has 0 aliphatic rings. The average Bonchev–Trinajstić information content (AvgIpc) is 3.10. The van der Waals surface area contributed by atoms with Crippen molar-refractivity contribution in [2.24, 2.45) is 12.1 Å². The number of halogens is 2. The average molecular weight is 502 g/mol. The molecule has 0 radical (unpaired) electrons. The van der Waals surface area contributed by atoms with Gasteiger partial charge in [0.05, 0.1) is 12.3 Å². The van der Waals surface area contributed by atoms with Crippen LogP contribution in [-0.4, -0.2) is 24.8 Å². The van der Waals surface area contributed by atoms with Crippen LogP contribution in [0, 0.1) is 0 Å². The Morgan fingerprint density at radius 1 is 1.23 bits per heavy atom. The molecule has 31 heavy (non-hydrogen) atoms. The lowest BCUT2D eigenvalue weighted by atomic mass is 10.1. The monoisotopic (exact) mass is 500 g/mol. The molecule has 0 aliphatic carbocycles. The number of aromatic amines is 1. The van der Waals surface area contributed by atoms with Gasteiger partial charge in [0, 0.05) is 16.5 Å². The van der Waals surface area contributed by atoms with Gasteiger partial charge >= 0.3 is 5.69 Å². The van der Waals surface area contributed by atoms with Gasteiger partial charge in [-0.15, -0.1) is 0 Å². The van der Waals surface area contributed by atoms with Gasteiger partial charge in [0.1, 0.15) is 0 Å². The van der Waals surface area contributed by atoms with Gasteiger partial charge in [-0.25, -0.2) is 10.2 Å². The topological polar surface area (TPSA) is 97.1 Å². The molecule has 2 aromatic carbocycles. The Morgan fingerprint density at radius 2 is 1.97 bits per heavy atom. The van der Waals surface area contributed by atoms with Crippen LogP contribution in [0.3, 0.4) is 0 Å². The quantitative estimate of drug-likeness (QED) is 0.322. The lowest BCUT2D eigenvalue weighted by Crippen LogP contribution is -2.29. The molecular weight excluding hydrogens is 484 g/mol. The van der Waals surface area contributed by atoms with Crippen LogP contribution in [0.1, 0.15) is 18.1 Å². The van der Waals surface area contributed by atoms with Crippen molar-refractivity contribution in [2.75, 3.05) is 5.43 Å². The molecule has 0 saturated carbocycles. The Hall–Kier alpha value is -3.17. The van der Waals surface area contributed by atoms with Gasteiger partial charge in [-0.3, -0.25) is 18.9 Å². The molecule has 0 fully saturated rings. The number of anilines is 1. The van der Waals surface area contributed by atoms with Crippen LogP contribution in [0.2, 0.25) is 5.02 Å². The number of imidazole rings is 1. The summed E-state index contributed by atoms with van der Waals surface area (Å²) in [4.78, 5) is 31.5. The van der Waals surface area contributed by atoms with Crippen LogP contribution in [0.15, 0.2) is 67.7 Å². The maximum Gasteiger partial charge on any atom is 0.329 e. The minimum Gasteiger partial charge on any atom is -0.298 e. The van der Waals surface area contributed by atoms with E-state index in [9.17, 15) is 9.59 Å². The summed E-state index contributed by atoms with van der Waals surface area (Å²) >= 11 is 9.42. The van der Waals surface area contributed by atoms with Crippen molar-refractivity contribution in [1.82, 2.24) is 19.1 Å². The third-order valence-corrected chi connectivity index (χ3v) is 5.57. The molecule has 2 aromatic heterocycles. The second kappa shape index (κ2) is 8.52. The van der Waals surface area contributed by atoms with Crippen molar-refractivity contribution in [3.8, 4) is 0 Å². The van der Waals surface area contributed by atoms with Gasteiger partial charge in [-0.1, -0.05) is 51.8 Å². The zero-order chi connectivity index (χ0) is 22.1. The van der Waals surface area contributed by atoms with E-state index in [2.05, 4.69) is 36.4 Å². The van der Waals surface area contributed by atoms with Crippen LogP contribution in [0.4, 0.5) is 5.95 Å². The zero-order valence-corrected chi connectivity index (χ0v) is 19.0. The summed E-state index contributed by atoms with van der Waals surface area (Å²) in [5, 5.41) is 5.06. The van der Waals surface area contributed by atoms with Gasteiger partial charge in [0.25, 0.3) is 5.56 Å². The summed E-state index contributed by atoms with van der Waals surface area (Å²) in [5.41, 5.74) is 5.01. The molecule has 0 atom stereocenters. The SMILES string of the molecule is CC(=NNc1nc2c(c(=O)[nH]c(=O)n2C)n1Cc1cccc(Br)c1)c1ccc(Cl)cc1. The van der Waals surface area contributed by atoms with E-state index in [0.29, 0.717) is 23.2 Å². The molecule has 8 nitrogen and oxygen atoms in total. The number of H-pyrrole nitrogens is 1. The maximum absolute atomic E-state index is 12.6. The summed E-state index contributed by atoms with van der Waals surface area (Å²) in [6.45, 7) is 2.20. The number of aryl methyl sites for hydroxylation is 1. The van der Waals surface area contributed by atoms with Crippen molar-refractivity contribution in [1.29, 1.82) is 0 Å². The number of fused-ring (bicyclic) bond motifs is 1. The molecule has 0 aliphatic heterocycles. The van der Waals surface area contributed by atoms with Crippen LogP contribution < -0.4 is 16.7 Å². The first-order chi connectivity index (χ1) is 14.8. The number of hydrazone groups is 1. The Morgan fingerprint density at radius 3 is 2.68 bits per heavy atom. The minimum absolute atomic E-state index is 0.269. The fourth-order valence-electron chi connectivity index (χ4n) is 3.18. The lowest BCUT2D eigenvalue weighted by Gasteiger charge is -2.09. The third-order valence-electron chi connectivity index (χ3n) is 4.82. The molecule has 0 amide bonds. The first-order valence-electron chi connectivity index (χ1n) is 9.33. The van der Waals surface area contributed by atoms with E-state index in [1.165, 1.54) is 4.57 Å². The Bertz CT molecular complexity index is 1420. The molecule has 0 spiro atoms.